The monoisotopic (exact) mass is 208 g/mol. The van der Waals surface area contributed by atoms with Gasteiger partial charge in [-0.05, 0) is 12.8 Å². The van der Waals surface area contributed by atoms with Crippen LogP contribution in [0.3, 0.4) is 0 Å². The Hall–Kier alpha value is -0.390. The Balaban J connectivity index is 3.51. The smallest absolute Gasteiger partial charge is 0.264 e. The van der Waals surface area contributed by atoms with Crippen molar-refractivity contribution in [2.75, 3.05) is 20.0 Å². The number of methoxy groups -OCH3 is 1. The van der Waals surface area contributed by atoms with Gasteiger partial charge in [0.25, 0.3) is 10.1 Å². The van der Waals surface area contributed by atoms with Crippen molar-refractivity contribution in [2.24, 2.45) is 0 Å². The van der Waals surface area contributed by atoms with E-state index in [0.29, 0.717) is 6.42 Å². The van der Waals surface area contributed by atoms with Gasteiger partial charge in [-0.25, -0.2) is 0 Å². The predicted molar refractivity (Wildman–Crippen MR) is 51.0 cm³/mol. The van der Waals surface area contributed by atoms with Crippen molar-refractivity contribution in [3.63, 3.8) is 0 Å². The summed E-state index contributed by atoms with van der Waals surface area (Å²) < 4.78 is 30.6. The van der Waals surface area contributed by atoms with Gasteiger partial charge in [-0.15, -0.1) is 6.58 Å². The van der Waals surface area contributed by atoms with E-state index < -0.39 is 10.1 Å². The maximum Gasteiger partial charge on any atom is 0.264 e. The third kappa shape index (κ3) is 7.95. The largest absolute Gasteiger partial charge is 0.377 e. The highest BCUT2D eigenvalue weighted by atomic mass is 32.2. The molecule has 0 aliphatic carbocycles. The molecule has 0 fully saturated rings. The normalized spacial score (nSPS) is 14.0. The van der Waals surface area contributed by atoms with Gasteiger partial charge in [0.15, 0.2) is 0 Å². The lowest BCUT2D eigenvalue weighted by Crippen LogP contribution is -2.09. The lowest BCUT2D eigenvalue weighted by Gasteiger charge is -2.09. The van der Waals surface area contributed by atoms with Crippen LogP contribution < -0.4 is 0 Å². The Morgan fingerprint density at radius 2 is 2.15 bits per heavy atom. The van der Waals surface area contributed by atoms with Gasteiger partial charge in [-0.1, -0.05) is 6.08 Å². The van der Waals surface area contributed by atoms with Crippen LogP contribution in [0.2, 0.25) is 0 Å². The Morgan fingerprint density at radius 1 is 1.54 bits per heavy atom. The summed E-state index contributed by atoms with van der Waals surface area (Å²) in [6, 6.07) is 0. The Bertz CT molecular complexity index is 233. The molecule has 1 unspecified atom stereocenters. The maximum absolute atomic E-state index is 10.5. The van der Waals surface area contributed by atoms with Gasteiger partial charge in [-0.2, -0.15) is 8.42 Å². The standard InChI is InChI=1S/C8H16O4S/c1-4-8(11-2)6-5-7-12-13(3,9)10/h4,8H,1,5-7H2,2-3H3. The van der Waals surface area contributed by atoms with Crippen LogP contribution in [0.4, 0.5) is 0 Å². The molecule has 0 amide bonds. The second-order valence-electron chi connectivity index (χ2n) is 2.68. The Kier molecular flexibility index (Phi) is 5.94. The van der Waals surface area contributed by atoms with E-state index in [1.54, 1.807) is 13.2 Å². The first-order chi connectivity index (χ1) is 5.99. The molecule has 0 bridgehead atoms. The molecular weight excluding hydrogens is 192 g/mol. The van der Waals surface area contributed by atoms with Gasteiger partial charge >= 0.3 is 0 Å². The first-order valence-electron chi connectivity index (χ1n) is 3.99. The van der Waals surface area contributed by atoms with E-state index in [1.807, 2.05) is 0 Å². The van der Waals surface area contributed by atoms with Crippen LogP contribution in [0.25, 0.3) is 0 Å². The lowest BCUT2D eigenvalue weighted by molar-refractivity contribution is 0.127. The molecule has 0 aliphatic heterocycles. The molecule has 0 aromatic heterocycles. The zero-order chi connectivity index (χ0) is 10.3. The van der Waals surface area contributed by atoms with Crippen molar-refractivity contribution in [3.05, 3.63) is 12.7 Å². The quantitative estimate of drug-likeness (QED) is 0.355. The third-order valence-corrected chi connectivity index (χ3v) is 2.09. The molecule has 0 N–H and O–H groups in total. The topological polar surface area (TPSA) is 52.6 Å². The van der Waals surface area contributed by atoms with Crippen molar-refractivity contribution in [1.29, 1.82) is 0 Å². The van der Waals surface area contributed by atoms with Crippen LogP contribution in [-0.2, 0) is 19.0 Å². The molecule has 1 atom stereocenters. The average Bonchev–Trinajstić information content (AvgIpc) is 2.03. The van der Waals surface area contributed by atoms with E-state index in [-0.39, 0.29) is 12.7 Å². The molecular formula is C8H16O4S. The van der Waals surface area contributed by atoms with Crippen molar-refractivity contribution in [2.45, 2.75) is 18.9 Å². The van der Waals surface area contributed by atoms with Crippen molar-refractivity contribution >= 4 is 10.1 Å². The lowest BCUT2D eigenvalue weighted by atomic mass is 10.2. The van der Waals surface area contributed by atoms with Crippen LogP contribution in [-0.4, -0.2) is 34.5 Å². The minimum absolute atomic E-state index is 0.0249. The third-order valence-electron chi connectivity index (χ3n) is 1.50. The molecule has 0 saturated heterocycles. The summed E-state index contributed by atoms with van der Waals surface area (Å²) >= 11 is 0. The van der Waals surface area contributed by atoms with Gasteiger partial charge < -0.3 is 4.74 Å². The molecule has 0 aromatic carbocycles. The van der Waals surface area contributed by atoms with E-state index in [2.05, 4.69) is 10.8 Å². The fourth-order valence-electron chi connectivity index (χ4n) is 0.827. The minimum atomic E-state index is -3.30. The molecule has 0 radical (unpaired) electrons. The SMILES string of the molecule is C=CC(CCCOS(C)(=O)=O)OC. The minimum Gasteiger partial charge on any atom is -0.377 e. The molecule has 0 heterocycles. The maximum atomic E-state index is 10.5. The number of hydrogen-bond acceptors (Lipinski definition) is 4. The molecule has 0 aliphatic rings. The van der Waals surface area contributed by atoms with Crippen LogP contribution in [0.5, 0.6) is 0 Å². The fraction of sp³-hybridized carbons (Fsp3) is 0.750. The van der Waals surface area contributed by atoms with Crippen LogP contribution >= 0.6 is 0 Å². The Morgan fingerprint density at radius 3 is 2.54 bits per heavy atom. The van der Waals surface area contributed by atoms with Gasteiger partial charge in [0.2, 0.25) is 0 Å². The van der Waals surface area contributed by atoms with Crippen molar-refractivity contribution in [1.82, 2.24) is 0 Å². The van der Waals surface area contributed by atoms with Gasteiger partial charge in [0.1, 0.15) is 0 Å². The summed E-state index contributed by atoms with van der Waals surface area (Å²) in [4.78, 5) is 0. The zero-order valence-corrected chi connectivity index (χ0v) is 8.84. The zero-order valence-electron chi connectivity index (χ0n) is 8.02. The highest BCUT2D eigenvalue weighted by Gasteiger charge is 2.04. The van der Waals surface area contributed by atoms with E-state index >= 15 is 0 Å². The summed E-state index contributed by atoms with van der Waals surface area (Å²) in [6.07, 6.45) is 4.05. The Labute approximate surface area is 79.7 Å². The summed E-state index contributed by atoms with van der Waals surface area (Å²) in [5.41, 5.74) is 0. The van der Waals surface area contributed by atoms with Gasteiger partial charge in [-0.3, -0.25) is 4.18 Å². The highest BCUT2D eigenvalue weighted by Crippen LogP contribution is 2.03. The summed E-state index contributed by atoms with van der Waals surface area (Å²) in [5.74, 6) is 0. The van der Waals surface area contributed by atoms with Crippen LogP contribution in [0.15, 0.2) is 12.7 Å². The molecule has 13 heavy (non-hydrogen) atoms. The summed E-state index contributed by atoms with van der Waals surface area (Å²) in [5, 5.41) is 0. The molecule has 78 valence electrons. The van der Waals surface area contributed by atoms with Crippen molar-refractivity contribution < 1.29 is 17.3 Å². The van der Waals surface area contributed by atoms with Crippen molar-refractivity contribution in [3.8, 4) is 0 Å². The number of rotatable bonds is 7. The number of ether oxygens (including phenoxy) is 1. The highest BCUT2D eigenvalue weighted by molar-refractivity contribution is 7.85. The van der Waals surface area contributed by atoms with Gasteiger partial charge in [0, 0.05) is 7.11 Å². The van der Waals surface area contributed by atoms with Gasteiger partial charge in [0.05, 0.1) is 19.0 Å². The second kappa shape index (κ2) is 6.12. The average molecular weight is 208 g/mol. The van der Waals surface area contributed by atoms with E-state index in [9.17, 15) is 8.42 Å². The van der Waals surface area contributed by atoms with Crippen LogP contribution in [0.1, 0.15) is 12.8 Å². The first kappa shape index (κ1) is 12.6. The predicted octanol–water partition coefficient (Wildman–Crippen LogP) is 0.944. The van der Waals surface area contributed by atoms with Crippen LogP contribution in [0, 0.1) is 0 Å². The first-order valence-corrected chi connectivity index (χ1v) is 5.81. The molecule has 0 rings (SSSR count). The second-order valence-corrected chi connectivity index (χ2v) is 4.32. The molecule has 5 heteroatoms. The number of hydrogen-bond donors (Lipinski definition) is 0. The molecule has 0 spiro atoms. The van der Waals surface area contributed by atoms with E-state index in [0.717, 1.165) is 12.7 Å². The van der Waals surface area contributed by atoms with E-state index in [1.165, 1.54) is 0 Å². The summed E-state index contributed by atoms with van der Waals surface area (Å²) in [7, 11) is -1.72. The molecule has 0 aromatic rings. The van der Waals surface area contributed by atoms with E-state index in [4.69, 9.17) is 4.74 Å². The molecule has 4 nitrogen and oxygen atoms in total. The fourth-order valence-corrected chi connectivity index (χ4v) is 1.25. The summed E-state index contributed by atoms with van der Waals surface area (Å²) in [6.45, 7) is 3.78. The molecule has 0 saturated carbocycles.